The number of rotatable bonds is 5. The number of nitrogens with two attached hydrogens (primary N) is 1. The van der Waals surface area contributed by atoms with Gasteiger partial charge in [0.15, 0.2) is 0 Å². The SMILES string of the molecule is Cc1ccc(-n2c(C)ccc2C)c(C(=O)Nc2cccc(CS(N)(=O)=O)c2)c1. The molecule has 1 aromatic heterocycles. The summed E-state index contributed by atoms with van der Waals surface area (Å²) in [6.45, 7) is 5.92. The summed E-state index contributed by atoms with van der Waals surface area (Å²) in [4.78, 5) is 13.0. The minimum atomic E-state index is -3.64. The molecule has 0 saturated heterocycles. The van der Waals surface area contributed by atoms with Gasteiger partial charge in [-0.25, -0.2) is 13.6 Å². The third-order valence-electron chi connectivity index (χ3n) is 4.46. The Kier molecular flexibility index (Phi) is 5.40. The fraction of sp³-hybridized carbons (Fsp3) is 0.190. The van der Waals surface area contributed by atoms with Gasteiger partial charge in [0.2, 0.25) is 10.0 Å². The van der Waals surface area contributed by atoms with E-state index in [9.17, 15) is 13.2 Å². The van der Waals surface area contributed by atoms with Crippen molar-refractivity contribution in [1.82, 2.24) is 4.57 Å². The Morgan fingerprint density at radius 2 is 1.68 bits per heavy atom. The van der Waals surface area contributed by atoms with E-state index in [2.05, 4.69) is 5.32 Å². The molecule has 3 aromatic rings. The number of nitrogens with zero attached hydrogens (tertiary/aromatic N) is 1. The molecule has 0 atom stereocenters. The van der Waals surface area contributed by atoms with E-state index in [1.807, 2.05) is 55.7 Å². The molecule has 0 aliphatic heterocycles. The zero-order chi connectivity index (χ0) is 20.5. The van der Waals surface area contributed by atoms with Crippen LogP contribution < -0.4 is 10.5 Å². The van der Waals surface area contributed by atoms with Crippen molar-refractivity contribution in [3.63, 3.8) is 0 Å². The predicted molar refractivity (Wildman–Crippen MR) is 111 cm³/mol. The van der Waals surface area contributed by atoms with Gasteiger partial charge in [-0.2, -0.15) is 0 Å². The average Bonchev–Trinajstić information content (AvgIpc) is 2.92. The van der Waals surface area contributed by atoms with E-state index in [1.54, 1.807) is 24.3 Å². The molecule has 0 bridgehead atoms. The molecule has 146 valence electrons. The van der Waals surface area contributed by atoms with Gasteiger partial charge in [-0.05, 0) is 62.7 Å². The van der Waals surface area contributed by atoms with Crippen molar-refractivity contribution >= 4 is 21.6 Å². The summed E-state index contributed by atoms with van der Waals surface area (Å²) >= 11 is 0. The van der Waals surface area contributed by atoms with E-state index in [-0.39, 0.29) is 11.7 Å². The Morgan fingerprint density at radius 1 is 1.00 bits per heavy atom. The minimum Gasteiger partial charge on any atom is -0.322 e. The van der Waals surface area contributed by atoms with Crippen molar-refractivity contribution in [3.05, 3.63) is 82.7 Å². The summed E-state index contributed by atoms with van der Waals surface area (Å²) < 4.78 is 24.7. The molecule has 0 aliphatic carbocycles. The summed E-state index contributed by atoms with van der Waals surface area (Å²) in [6, 6.07) is 16.4. The van der Waals surface area contributed by atoms with Crippen LogP contribution in [-0.2, 0) is 15.8 Å². The van der Waals surface area contributed by atoms with Gasteiger partial charge < -0.3 is 9.88 Å². The summed E-state index contributed by atoms with van der Waals surface area (Å²) in [5.41, 5.74) is 5.40. The Balaban J connectivity index is 1.96. The maximum atomic E-state index is 13.0. The average molecular weight is 398 g/mol. The number of hydrogen-bond acceptors (Lipinski definition) is 3. The summed E-state index contributed by atoms with van der Waals surface area (Å²) in [5.74, 6) is -0.548. The fourth-order valence-electron chi connectivity index (χ4n) is 3.24. The first-order chi connectivity index (χ1) is 13.1. The number of aryl methyl sites for hydroxylation is 3. The molecule has 6 nitrogen and oxygen atoms in total. The van der Waals surface area contributed by atoms with Crippen molar-refractivity contribution in [2.24, 2.45) is 5.14 Å². The first-order valence-corrected chi connectivity index (χ1v) is 10.5. The van der Waals surface area contributed by atoms with Crippen LogP contribution in [0.2, 0.25) is 0 Å². The van der Waals surface area contributed by atoms with Gasteiger partial charge in [0, 0.05) is 17.1 Å². The summed E-state index contributed by atoms with van der Waals surface area (Å²) in [7, 11) is -3.64. The summed E-state index contributed by atoms with van der Waals surface area (Å²) in [5, 5.41) is 7.98. The predicted octanol–water partition coefficient (Wildman–Crippen LogP) is 3.44. The number of carbonyl (C=O) groups is 1. The van der Waals surface area contributed by atoms with E-state index < -0.39 is 10.0 Å². The van der Waals surface area contributed by atoms with Crippen LogP contribution in [0.3, 0.4) is 0 Å². The van der Waals surface area contributed by atoms with Crippen LogP contribution in [0.15, 0.2) is 54.6 Å². The Labute approximate surface area is 165 Å². The second-order valence-corrected chi connectivity index (χ2v) is 8.55. The van der Waals surface area contributed by atoms with Crippen molar-refractivity contribution in [3.8, 4) is 5.69 Å². The molecule has 1 amide bonds. The molecule has 0 unspecified atom stereocenters. The van der Waals surface area contributed by atoms with Crippen molar-refractivity contribution in [1.29, 1.82) is 0 Å². The third kappa shape index (κ3) is 4.49. The van der Waals surface area contributed by atoms with Crippen LogP contribution in [0.5, 0.6) is 0 Å². The lowest BCUT2D eigenvalue weighted by Gasteiger charge is -2.16. The molecule has 3 rings (SSSR count). The number of carbonyl (C=O) groups excluding carboxylic acids is 1. The molecule has 0 aliphatic rings. The lowest BCUT2D eigenvalue weighted by atomic mass is 10.1. The number of amides is 1. The molecule has 0 saturated carbocycles. The highest BCUT2D eigenvalue weighted by Crippen LogP contribution is 2.23. The monoisotopic (exact) mass is 397 g/mol. The first-order valence-electron chi connectivity index (χ1n) is 8.81. The van der Waals surface area contributed by atoms with Crippen LogP contribution >= 0.6 is 0 Å². The van der Waals surface area contributed by atoms with Crippen LogP contribution in [-0.4, -0.2) is 18.9 Å². The quantitative estimate of drug-likeness (QED) is 0.690. The first kappa shape index (κ1) is 19.9. The Morgan fingerprint density at radius 3 is 2.32 bits per heavy atom. The smallest absolute Gasteiger partial charge is 0.257 e. The van der Waals surface area contributed by atoms with E-state index in [1.165, 1.54) is 0 Å². The van der Waals surface area contributed by atoms with E-state index >= 15 is 0 Å². The van der Waals surface area contributed by atoms with Crippen molar-refractivity contribution in [2.75, 3.05) is 5.32 Å². The van der Waals surface area contributed by atoms with E-state index in [4.69, 9.17) is 5.14 Å². The number of aromatic nitrogens is 1. The fourth-order valence-corrected chi connectivity index (χ4v) is 3.89. The van der Waals surface area contributed by atoms with Crippen LogP contribution in [0.1, 0.15) is 32.9 Å². The number of anilines is 1. The molecular weight excluding hydrogens is 374 g/mol. The van der Waals surface area contributed by atoms with E-state index in [0.29, 0.717) is 16.8 Å². The van der Waals surface area contributed by atoms with Gasteiger partial charge in [-0.3, -0.25) is 4.79 Å². The number of hydrogen-bond donors (Lipinski definition) is 2. The summed E-state index contributed by atoms with van der Waals surface area (Å²) in [6.07, 6.45) is 0. The zero-order valence-electron chi connectivity index (χ0n) is 16.1. The maximum absolute atomic E-state index is 13.0. The van der Waals surface area contributed by atoms with Crippen molar-refractivity contribution < 1.29 is 13.2 Å². The number of sulfonamides is 1. The highest BCUT2D eigenvalue weighted by Gasteiger charge is 2.16. The third-order valence-corrected chi connectivity index (χ3v) is 5.20. The lowest BCUT2D eigenvalue weighted by Crippen LogP contribution is -2.17. The second kappa shape index (κ2) is 7.61. The number of nitrogens with one attached hydrogen (secondary N) is 1. The topological polar surface area (TPSA) is 94.2 Å². The van der Waals surface area contributed by atoms with Gasteiger partial charge in [-0.1, -0.05) is 23.8 Å². The zero-order valence-corrected chi connectivity index (χ0v) is 16.9. The molecule has 0 spiro atoms. The van der Waals surface area contributed by atoms with Gasteiger partial charge in [-0.15, -0.1) is 0 Å². The van der Waals surface area contributed by atoms with E-state index in [0.717, 1.165) is 22.6 Å². The van der Waals surface area contributed by atoms with Gasteiger partial charge in [0.1, 0.15) is 0 Å². The number of benzene rings is 2. The molecule has 0 radical (unpaired) electrons. The van der Waals surface area contributed by atoms with Crippen LogP contribution in [0.4, 0.5) is 5.69 Å². The molecule has 28 heavy (non-hydrogen) atoms. The lowest BCUT2D eigenvalue weighted by molar-refractivity contribution is 0.102. The van der Waals surface area contributed by atoms with Crippen LogP contribution in [0.25, 0.3) is 5.69 Å². The van der Waals surface area contributed by atoms with Gasteiger partial charge in [0.05, 0.1) is 17.0 Å². The highest BCUT2D eigenvalue weighted by molar-refractivity contribution is 7.88. The minimum absolute atomic E-state index is 0.265. The van der Waals surface area contributed by atoms with Gasteiger partial charge in [0.25, 0.3) is 5.91 Å². The number of primary sulfonamides is 1. The van der Waals surface area contributed by atoms with Crippen molar-refractivity contribution in [2.45, 2.75) is 26.5 Å². The maximum Gasteiger partial charge on any atom is 0.257 e. The normalized spacial score (nSPS) is 11.4. The Hall–Kier alpha value is -2.90. The van der Waals surface area contributed by atoms with Crippen LogP contribution in [0, 0.1) is 20.8 Å². The molecule has 1 heterocycles. The molecule has 3 N–H and O–H groups in total. The molecular formula is C21H23N3O3S. The Bertz CT molecular complexity index is 1130. The standard InChI is InChI=1S/C21H23N3O3S/c1-14-7-10-20(24-15(2)8-9-16(24)3)19(11-14)21(25)23-18-6-4-5-17(12-18)13-28(22,26)27/h4-12H,13H2,1-3H3,(H,23,25)(H2,22,26,27). The largest absolute Gasteiger partial charge is 0.322 e. The highest BCUT2D eigenvalue weighted by atomic mass is 32.2. The van der Waals surface area contributed by atoms with Gasteiger partial charge >= 0.3 is 0 Å². The molecule has 2 aromatic carbocycles. The second-order valence-electron chi connectivity index (χ2n) is 6.93. The molecule has 0 fully saturated rings. The molecule has 7 heteroatoms.